The second-order valence-corrected chi connectivity index (χ2v) is 15.6. The highest BCUT2D eigenvalue weighted by Gasteiger charge is 2.70. The normalized spacial score (nSPS) is 25.4. The molecule has 4 amide bonds. The van der Waals surface area contributed by atoms with Gasteiger partial charge in [0.25, 0.3) is 10.0 Å². The number of hydrogen-bond acceptors (Lipinski definition) is 7. The lowest BCUT2D eigenvalue weighted by Crippen LogP contribution is -2.63. The molecule has 45 heavy (non-hydrogen) atoms. The van der Waals surface area contributed by atoms with Crippen molar-refractivity contribution in [3.05, 3.63) is 29.8 Å². The minimum absolute atomic E-state index is 0.0273. The van der Waals surface area contributed by atoms with Crippen LogP contribution >= 0.6 is 0 Å². The number of carbonyl (C=O) groups excluding carboxylic acids is 4. The number of aryl methyl sites for hydroxylation is 1. The zero-order chi connectivity index (χ0) is 33.9. The summed E-state index contributed by atoms with van der Waals surface area (Å²) in [6.07, 6.45) is -5.15. The average Bonchev–Trinajstić information content (AvgIpc) is 3.26. The first-order valence-corrected chi connectivity index (χ1v) is 16.1. The molecule has 0 aromatic heterocycles. The zero-order valence-corrected chi connectivity index (χ0v) is 26.8. The van der Waals surface area contributed by atoms with E-state index >= 15 is 0 Å². The van der Waals surface area contributed by atoms with E-state index in [1.807, 2.05) is 19.9 Å². The smallest absolute Gasteiger partial charge is 0.356 e. The quantitative estimate of drug-likeness (QED) is 0.437. The number of likely N-dealkylation sites (tertiary alicyclic amines) is 1. The van der Waals surface area contributed by atoms with E-state index < -0.39 is 79.6 Å². The van der Waals surface area contributed by atoms with Gasteiger partial charge < -0.3 is 15.5 Å². The van der Waals surface area contributed by atoms with Crippen molar-refractivity contribution in [2.45, 2.75) is 83.6 Å². The second kappa shape index (κ2) is 11.6. The molecule has 3 fully saturated rings. The molecule has 11 nitrogen and oxygen atoms in total. The number of benzene rings is 1. The van der Waals surface area contributed by atoms with Gasteiger partial charge in [-0.15, -0.1) is 0 Å². The summed E-state index contributed by atoms with van der Waals surface area (Å²) in [5.74, 6) is -6.03. The fourth-order valence-electron chi connectivity index (χ4n) is 6.66. The van der Waals surface area contributed by atoms with E-state index in [2.05, 4.69) is 10.6 Å². The highest BCUT2D eigenvalue weighted by Crippen LogP contribution is 2.65. The molecular formula is C30H38F3N5O6S. The molecule has 2 aliphatic heterocycles. The van der Waals surface area contributed by atoms with Crippen LogP contribution in [0.4, 0.5) is 13.2 Å². The van der Waals surface area contributed by atoms with Crippen LogP contribution in [0.15, 0.2) is 29.2 Å². The molecule has 0 spiro atoms. The topological polar surface area (TPSA) is 157 Å². The minimum Gasteiger partial charge on any atom is -0.356 e. The highest BCUT2D eigenvalue weighted by atomic mass is 32.2. The SMILES string of the molecule is Cc1ccc(S(=O)(=O)N(C(=O)C(F)(F)F)C(C(=O)N2C[C@H]3C([C@H]2C(=O)N[C@H](C#N)C[C@@H]2CCNC2=O)C3(C)C)C(C)(C)C)cc1. The van der Waals surface area contributed by atoms with Crippen molar-refractivity contribution in [1.29, 1.82) is 5.26 Å². The van der Waals surface area contributed by atoms with Crippen LogP contribution in [-0.2, 0) is 29.2 Å². The van der Waals surface area contributed by atoms with Crippen LogP contribution in [0.5, 0.6) is 0 Å². The van der Waals surface area contributed by atoms with E-state index in [-0.39, 0.29) is 29.1 Å². The molecule has 2 unspecified atom stereocenters. The number of nitrogens with zero attached hydrogens (tertiary/aromatic N) is 3. The molecule has 2 N–H and O–H groups in total. The Kier molecular flexibility index (Phi) is 8.82. The molecule has 4 rings (SSSR count). The van der Waals surface area contributed by atoms with Crippen LogP contribution in [-0.4, -0.2) is 78.6 Å². The molecule has 246 valence electrons. The van der Waals surface area contributed by atoms with E-state index in [0.29, 0.717) is 18.5 Å². The van der Waals surface area contributed by atoms with Crippen molar-refractivity contribution in [2.24, 2.45) is 28.6 Å². The van der Waals surface area contributed by atoms with Gasteiger partial charge in [0, 0.05) is 19.0 Å². The van der Waals surface area contributed by atoms with Crippen molar-refractivity contribution in [3.63, 3.8) is 0 Å². The van der Waals surface area contributed by atoms with Crippen molar-refractivity contribution in [1.82, 2.24) is 19.8 Å². The molecule has 2 heterocycles. The van der Waals surface area contributed by atoms with Crippen LogP contribution < -0.4 is 10.6 Å². The lowest BCUT2D eigenvalue weighted by molar-refractivity contribution is -0.185. The first-order valence-electron chi connectivity index (χ1n) is 14.6. The van der Waals surface area contributed by atoms with E-state index in [1.165, 1.54) is 32.9 Å². The molecule has 1 aliphatic carbocycles. The molecule has 1 saturated carbocycles. The maximum atomic E-state index is 14.4. The molecule has 15 heteroatoms. The highest BCUT2D eigenvalue weighted by molar-refractivity contribution is 7.89. The Hall–Kier alpha value is -3.67. The molecule has 0 bridgehead atoms. The summed E-state index contributed by atoms with van der Waals surface area (Å²) in [6.45, 7) is 9.77. The van der Waals surface area contributed by atoms with Gasteiger partial charge in [-0.1, -0.05) is 52.3 Å². The largest absolute Gasteiger partial charge is 0.472 e. The Labute approximate surface area is 260 Å². The van der Waals surface area contributed by atoms with E-state index in [4.69, 9.17) is 0 Å². The number of carbonyl (C=O) groups is 4. The maximum absolute atomic E-state index is 14.4. The van der Waals surface area contributed by atoms with Gasteiger partial charge >= 0.3 is 12.1 Å². The molecule has 1 aromatic carbocycles. The Morgan fingerprint density at radius 3 is 2.27 bits per heavy atom. The third-order valence-corrected chi connectivity index (χ3v) is 11.0. The van der Waals surface area contributed by atoms with Crippen LogP contribution in [0.3, 0.4) is 0 Å². The van der Waals surface area contributed by atoms with Crippen molar-refractivity contribution in [3.8, 4) is 6.07 Å². The number of halogens is 3. The van der Waals surface area contributed by atoms with Gasteiger partial charge in [0.2, 0.25) is 17.7 Å². The van der Waals surface area contributed by atoms with Crippen molar-refractivity contribution in [2.75, 3.05) is 13.1 Å². The standard InChI is InChI=1S/C30H38F3N5O6S/c1-16-7-9-19(10-8-16)45(43,44)38(27(42)30(31,32)33)23(28(2,3)4)26(41)37-15-20-21(29(20,5)6)22(37)25(40)36-18(14-34)13-17-11-12-35-24(17)39/h7-10,17-18,20-23H,11-13,15H2,1-6H3,(H,35,39)(H,36,40)/t17-,18-,20-,21?,22-,23?/m0/s1. The van der Waals surface area contributed by atoms with Gasteiger partial charge in [-0.2, -0.15) is 18.4 Å². The van der Waals surface area contributed by atoms with E-state index in [9.17, 15) is 46.0 Å². The monoisotopic (exact) mass is 653 g/mol. The summed E-state index contributed by atoms with van der Waals surface area (Å²) in [5, 5.41) is 15.0. The second-order valence-electron chi connectivity index (χ2n) is 13.8. The Morgan fingerprint density at radius 2 is 1.78 bits per heavy atom. The van der Waals surface area contributed by atoms with Crippen LogP contribution in [0.25, 0.3) is 0 Å². The van der Waals surface area contributed by atoms with Crippen LogP contribution in [0.1, 0.15) is 53.0 Å². The number of rotatable bonds is 8. The van der Waals surface area contributed by atoms with Crippen molar-refractivity contribution >= 4 is 33.7 Å². The molecule has 0 radical (unpaired) electrons. The van der Waals surface area contributed by atoms with Gasteiger partial charge in [0.1, 0.15) is 18.1 Å². The summed E-state index contributed by atoms with van der Waals surface area (Å²) < 4.78 is 69.3. The third-order valence-electron chi connectivity index (χ3n) is 9.22. The minimum atomic E-state index is -5.65. The van der Waals surface area contributed by atoms with Gasteiger partial charge in [0.05, 0.1) is 11.0 Å². The summed E-state index contributed by atoms with van der Waals surface area (Å²) in [6, 6.07) is 2.27. The Morgan fingerprint density at radius 1 is 1.18 bits per heavy atom. The summed E-state index contributed by atoms with van der Waals surface area (Å²) in [7, 11) is -5.23. The van der Waals surface area contributed by atoms with Gasteiger partial charge in [-0.3, -0.25) is 19.2 Å². The fourth-order valence-corrected chi connectivity index (χ4v) is 8.38. The summed E-state index contributed by atoms with van der Waals surface area (Å²) in [5.41, 5.74) is -1.37. The first kappa shape index (κ1) is 34.2. The number of amides is 4. The van der Waals surface area contributed by atoms with Crippen LogP contribution in [0.2, 0.25) is 0 Å². The van der Waals surface area contributed by atoms with Gasteiger partial charge in [-0.25, -0.2) is 12.7 Å². The molecule has 2 saturated heterocycles. The molecule has 6 atom stereocenters. The van der Waals surface area contributed by atoms with Crippen molar-refractivity contribution < 1.29 is 40.8 Å². The van der Waals surface area contributed by atoms with E-state index in [1.54, 1.807) is 6.92 Å². The molecular weight excluding hydrogens is 615 g/mol. The molecule has 1 aromatic rings. The number of hydrogen-bond donors (Lipinski definition) is 2. The molecule has 3 aliphatic rings. The zero-order valence-electron chi connectivity index (χ0n) is 25.9. The van der Waals surface area contributed by atoms with Crippen LogP contribution in [0, 0.1) is 46.8 Å². The summed E-state index contributed by atoms with van der Waals surface area (Å²) >= 11 is 0. The Balaban J connectivity index is 1.74. The summed E-state index contributed by atoms with van der Waals surface area (Å²) in [4.78, 5) is 53.6. The fraction of sp³-hybridized carbons (Fsp3) is 0.633. The lowest BCUT2D eigenvalue weighted by Gasteiger charge is -2.42. The number of nitriles is 1. The predicted octanol–water partition coefficient (Wildman–Crippen LogP) is 2.51. The predicted molar refractivity (Wildman–Crippen MR) is 154 cm³/mol. The number of alkyl halides is 3. The lowest BCUT2D eigenvalue weighted by atomic mass is 9.85. The Bertz CT molecular complexity index is 1530. The first-order chi connectivity index (χ1) is 20.6. The third kappa shape index (κ3) is 6.39. The van der Waals surface area contributed by atoms with Gasteiger partial charge in [0.15, 0.2) is 0 Å². The number of sulfonamides is 1. The van der Waals surface area contributed by atoms with E-state index in [0.717, 1.165) is 17.0 Å². The van der Waals surface area contributed by atoms with Gasteiger partial charge in [-0.05, 0) is 54.6 Å². The number of piperidine rings is 1. The number of fused-ring (bicyclic) bond motifs is 1. The maximum Gasteiger partial charge on any atom is 0.472 e. The number of nitrogens with one attached hydrogen (secondary N) is 2. The average molecular weight is 654 g/mol.